The molecule has 2 aromatic rings. The van der Waals surface area contributed by atoms with Crippen molar-refractivity contribution in [3.63, 3.8) is 0 Å². The Bertz CT molecular complexity index is 727. The van der Waals surface area contributed by atoms with Gasteiger partial charge in [-0.15, -0.1) is 0 Å². The number of methoxy groups -OCH3 is 1. The number of rotatable bonds is 6. The SMILES string of the molecule is COC(=O)CC(NS(=O)(=O)c1ccsc1)c1ccc(F)cc1. The summed E-state index contributed by atoms with van der Waals surface area (Å²) in [6.07, 6.45) is -0.189. The van der Waals surface area contributed by atoms with Crippen molar-refractivity contribution in [2.24, 2.45) is 0 Å². The van der Waals surface area contributed by atoms with Crippen LogP contribution in [0.25, 0.3) is 0 Å². The van der Waals surface area contributed by atoms with E-state index in [9.17, 15) is 17.6 Å². The van der Waals surface area contributed by atoms with E-state index in [1.807, 2.05) is 0 Å². The molecule has 2 rings (SSSR count). The molecule has 0 amide bonds. The number of carbonyl (C=O) groups is 1. The summed E-state index contributed by atoms with van der Waals surface area (Å²) < 4.78 is 44.6. The number of esters is 1. The first-order valence-electron chi connectivity index (χ1n) is 6.29. The summed E-state index contributed by atoms with van der Waals surface area (Å²) in [6, 6.07) is 5.90. The Balaban J connectivity index is 2.28. The molecule has 1 unspecified atom stereocenters. The quantitative estimate of drug-likeness (QED) is 0.818. The molecular weight excluding hydrogens is 329 g/mol. The molecule has 0 aliphatic heterocycles. The lowest BCUT2D eigenvalue weighted by Gasteiger charge is -2.18. The number of hydrogen-bond donors (Lipinski definition) is 1. The van der Waals surface area contributed by atoms with E-state index in [2.05, 4.69) is 9.46 Å². The first-order chi connectivity index (χ1) is 10.4. The zero-order chi connectivity index (χ0) is 16.2. The molecule has 1 aromatic carbocycles. The second-order valence-corrected chi connectivity index (χ2v) is 6.96. The van der Waals surface area contributed by atoms with Crippen LogP contribution in [0.2, 0.25) is 0 Å². The van der Waals surface area contributed by atoms with Crippen molar-refractivity contribution in [2.45, 2.75) is 17.4 Å². The van der Waals surface area contributed by atoms with Crippen molar-refractivity contribution >= 4 is 27.3 Å². The maximum absolute atomic E-state index is 13.0. The van der Waals surface area contributed by atoms with E-state index in [1.54, 1.807) is 5.38 Å². The normalized spacial score (nSPS) is 12.8. The van der Waals surface area contributed by atoms with Crippen molar-refractivity contribution in [1.29, 1.82) is 0 Å². The minimum Gasteiger partial charge on any atom is -0.469 e. The van der Waals surface area contributed by atoms with Gasteiger partial charge in [0.25, 0.3) is 0 Å². The van der Waals surface area contributed by atoms with E-state index in [0.717, 1.165) is 0 Å². The van der Waals surface area contributed by atoms with Crippen molar-refractivity contribution in [1.82, 2.24) is 4.72 Å². The van der Waals surface area contributed by atoms with Gasteiger partial charge in [0.15, 0.2) is 0 Å². The maximum atomic E-state index is 13.0. The molecule has 0 saturated heterocycles. The minimum absolute atomic E-state index is 0.120. The summed E-state index contributed by atoms with van der Waals surface area (Å²) in [5, 5.41) is 3.13. The second kappa shape index (κ2) is 6.99. The van der Waals surface area contributed by atoms with Gasteiger partial charge in [-0.1, -0.05) is 12.1 Å². The van der Waals surface area contributed by atoms with Crippen LogP contribution >= 0.6 is 11.3 Å². The average Bonchev–Trinajstić information content (AvgIpc) is 3.02. The monoisotopic (exact) mass is 343 g/mol. The van der Waals surface area contributed by atoms with E-state index in [-0.39, 0.29) is 11.3 Å². The molecule has 8 heteroatoms. The molecule has 0 saturated carbocycles. The highest BCUT2D eigenvalue weighted by molar-refractivity contribution is 7.89. The molecule has 1 heterocycles. The van der Waals surface area contributed by atoms with Crippen LogP contribution < -0.4 is 4.72 Å². The van der Waals surface area contributed by atoms with E-state index in [1.165, 1.54) is 54.2 Å². The Morgan fingerprint density at radius 2 is 2.00 bits per heavy atom. The molecular formula is C14H14FNO4S2. The number of nitrogens with one attached hydrogen (secondary N) is 1. The Kier molecular flexibility index (Phi) is 5.28. The van der Waals surface area contributed by atoms with Crippen molar-refractivity contribution < 1.29 is 22.3 Å². The third kappa shape index (κ3) is 4.12. The zero-order valence-corrected chi connectivity index (χ0v) is 13.3. The van der Waals surface area contributed by atoms with Gasteiger partial charge < -0.3 is 4.74 Å². The van der Waals surface area contributed by atoms with Gasteiger partial charge in [0, 0.05) is 5.38 Å². The Morgan fingerprint density at radius 3 is 2.55 bits per heavy atom. The van der Waals surface area contributed by atoms with Crippen molar-refractivity contribution in [2.75, 3.05) is 7.11 Å². The van der Waals surface area contributed by atoms with Gasteiger partial charge in [0.2, 0.25) is 10.0 Å². The topological polar surface area (TPSA) is 72.5 Å². The number of halogens is 1. The third-order valence-corrected chi connectivity index (χ3v) is 5.28. The molecule has 0 aliphatic carbocycles. The van der Waals surface area contributed by atoms with Crippen molar-refractivity contribution in [3.8, 4) is 0 Å². The number of thiophene rings is 1. The minimum atomic E-state index is -3.77. The summed E-state index contributed by atoms with van der Waals surface area (Å²) in [7, 11) is -2.55. The molecule has 1 N–H and O–H groups in total. The van der Waals surface area contributed by atoms with Crippen molar-refractivity contribution in [3.05, 3.63) is 52.5 Å². The third-order valence-electron chi connectivity index (χ3n) is 2.97. The zero-order valence-electron chi connectivity index (χ0n) is 11.7. The van der Waals surface area contributed by atoms with Crippen LogP contribution in [0, 0.1) is 5.82 Å². The van der Waals surface area contributed by atoms with E-state index in [0.29, 0.717) is 5.56 Å². The number of sulfonamides is 1. The summed E-state index contributed by atoms with van der Waals surface area (Å²) in [6.45, 7) is 0. The summed E-state index contributed by atoms with van der Waals surface area (Å²) in [5.41, 5.74) is 0.477. The molecule has 0 bridgehead atoms. The first kappa shape index (κ1) is 16.6. The van der Waals surface area contributed by atoms with Gasteiger partial charge in [-0.3, -0.25) is 4.79 Å². The average molecular weight is 343 g/mol. The lowest BCUT2D eigenvalue weighted by atomic mass is 10.1. The van der Waals surface area contributed by atoms with E-state index < -0.39 is 27.9 Å². The fourth-order valence-electron chi connectivity index (χ4n) is 1.83. The first-order valence-corrected chi connectivity index (χ1v) is 8.72. The lowest BCUT2D eigenvalue weighted by molar-refractivity contribution is -0.141. The Morgan fingerprint density at radius 1 is 1.32 bits per heavy atom. The molecule has 1 aromatic heterocycles. The van der Waals surface area contributed by atoms with Gasteiger partial charge in [-0.25, -0.2) is 17.5 Å². The Labute approximate surface area is 131 Å². The van der Waals surface area contributed by atoms with Crippen LogP contribution in [0.1, 0.15) is 18.0 Å². The molecule has 0 aliphatic rings. The Hall–Kier alpha value is -1.77. The standard InChI is InChI=1S/C14H14FNO4S2/c1-20-14(17)8-13(10-2-4-11(15)5-3-10)16-22(18,19)12-6-7-21-9-12/h2-7,9,13,16H,8H2,1H3. The number of hydrogen-bond acceptors (Lipinski definition) is 5. The molecule has 118 valence electrons. The highest BCUT2D eigenvalue weighted by atomic mass is 32.2. The van der Waals surface area contributed by atoms with Crippen LogP contribution in [-0.4, -0.2) is 21.5 Å². The maximum Gasteiger partial charge on any atom is 0.307 e. The molecule has 0 fully saturated rings. The summed E-state index contributed by atoms with van der Waals surface area (Å²) >= 11 is 1.25. The highest BCUT2D eigenvalue weighted by Crippen LogP contribution is 2.22. The van der Waals surface area contributed by atoms with Crippen LogP contribution in [-0.2, 0) is 19.6 Å². The van der Waals surface area contributed by atoms with Gasteiger partial charge in [-0.2, -0.15) is 11.3 Å². The number of ether oxygens (including phenoxy) is 1. The second-order valence-electron chi connectivity index (χ2n) is 4.46. The van der Waals surface area contributed by atoms with Gasteiger partial charge in [0.05, 0.1) is 24.5 Å². The molecule has 0 spiro atoms. The van der Waals surface area contributed by atoms with Crippen LogP contribution in [0.15, 0.2) is 46.0 Å². The van der Waals surface area contributed by atoms with Crippen LogP contribution in [0.3, 0.4) is 0 Å². The van der Waals surface area contributed by atoms with Gasteiger partial charge in [0.1, 0.15) is 5.82 Å². The van der Waals surface area contributed by atoms with E-state index in [4.69, 9.17) is 0 Å². The van der Waals surface area contributed by atoms with Gasteiger partial charge in [-0.05, 0) is 29.1 Å². The predicted octanol–water partition coefficient (Wildman–Crippen LogP) is 2.47. The highest BCUT2D eigenvalue weighted by Gasteiger charge is 2.24. The molecule has 0 radical (unpaired) electrons. The lowest BCUT2D eigenvalue weighted by Crippen LogP contribution is -2.30. The predicted molar refractivity (Wildman–Crippen MR) is 80.4 cm³/mol. The smallest absolute Gasteiger partial charge is 0.307 e. The number of benzene rings is 1. The fourth-order valence-corrected chi connectivity index (χ4v) is 4.09. The van der Waals surface area contributed by atoms with Gasteiger partial charge >= 0.3 is 5.97 Å². The molecule has 22 heavy (non-hydrogen) atoms. The summed E-state index contributed by atoms with van der Waals surface area (Å²) in [4.78, 5) is 11.6. The summed E-state index contributed by atoms with van der Waals surface area (Å²) in [5.74, 6) is -1.01. The molecule has 1 atom stereocenters. The largest absolute Gasteiger partial charge is 0.469 e. The van der Waals surface area contributed by atoms with Crippen LogP contribution in [0.5, 0.6) is 0 Å². The fraction of sp³-hybridized carbons (Fsp3) is 0.214. The number of carbonyl (C=O) groups excluding carboxylic acids is 1. The molecule has 5 nitrogen and oxygen atoms in total. The van der Waals surface area contributed by atoms with Crippen LogP contribution in [0.4, 0.5) is 4.39 Å². The van der Waals surface area contributed by atoms with E-state index >= 15 is 0 Å².